The van der Waals surface area contributed by atoms with Crippen LogP contribution in [0.15, 0.2) is 0 Å². The molecule has 0 heterocycles. The second kappa shape index (κ2) is 8.20. The second-order valence-corrected chi connectivity index (χ2v) is 5.85. The highest BCUT2D eigenvalue weighted by Gasteiger charge is 2.18. The standard InChI is InChI=1S/C13H24OS/c1-2-15-11-7-9-12-8-5-3-4-6-10-13(12)14/h12H,2-11H2,1H3. The van der Waals surface area contributed by atoms with Crippen molar-refractivity contribution >= 4 is 17.5 Å². The van der Waals surface area contributed by atoms with E-state index in [9.17, 15) is 4.79 Å². The zero-order chi connectivity index (χ0) is 10.9. The van der Waals surface area contributed by atoms with E-state index in [2.05, 4.69) is 6.92 Å². The van der Waals surface area contributed by atoms with E-state index >= 15 is 0 Å². The third-order valence-electron chi connectivity index (χ3n) is 3.23. The second-order valence-electron chi connectivity index (χ2n) is 4.46. The van der Waals surface area contributed by atoms with Gasteiger partial charge in [-0.25, -0.2) is 0 Å². The summed E-state index contributed by atoms with van der Waals surface area (Å²) in [6.45, 7) is 2.20. The molecule has 0 aliphatic heterocycles. The average Bonchev–Trinajstić information content (AvgIpc) is 2.22. The number of hydrogen-bond donors (Lipinski definition) is 0. The van der Waals surface area contributed by atoms with Crippen LogP contribution in [0.1, 0.15) is 58.3 Å². The van der Waals surface area contributed by atoms with Gasteiger partial charge in [-0.1, -0.05) is 26.2 Å². The largest absolute Gasteiger partial charge is 0.299 e. The Morgan fingerprint density at radius 3 is 2.87 bits per heavy atom. The zero-order valence-electron chi connectivity index (χ0n) is 9.96. The molecule has 1 fully saturated rings. The minimum absolute atomic E-state index is 0.405. The predicted octanol–water partition coefficient (Wildman–Crippen LogP) is 4.06. The lowest BCUT2D eigenvalue weighted by atomic mass is 9.87. The summed E-state index contributed by atoms with van der Waals surface area (Å²) in [5, 5.41) is 0. The SMILES string of the molecule is CCSCCCC1CCCCCCC1=O. The lowest BCUT2D eigenvalue weighted by Gasteiger charge is -2.18. The van der Waals surface area contributed by atoms with Gasteiger partial charge in [-0.15, -0.1) is 0 Å². The summed E-state index contributed by atoms with van der Waals surface area (Å²) in [5.41, 5.74) is 0. The van der Waals surface area contributed by atoms with Crippen molar-refractivity contribution in [3.05, 3.63) is 0 Å². The maximum Gasteiger partial charge on any atom is 0.135 e. The van der Waals surface area contributed by atoms with Crippen molar-refractivity contribution in [1.29, 1.82) is 0 Å². The zero-order valence-corrected chi connectivity index (χ0v) is 10.8. The van der Waals surface area contributed by atoms with Gasteiger partial charge in [0.05, 0.1) is 0 Å². The molecule has 0 aromatic heterocycles. The molecule has 0 N–H and O–H groups in total. The van der Waals surface area contributed by atoms with Crippen LogP contribution in [0.25, 0.3) is 0 Å². The monoisotopic (exact) mass is 228 g/mol. The number of rotatable bonds is 5. The van der Waals surface area contributed by atoms with Crippen LogP contribution in [-0.4, -0.2) is 17.3 Å². The molecule has 1 aliphatic rings. The van der Waals surface area contributed by atoms with E-state index < -0.39 is 0 Å². The Bertz CT molecular complexity index is 179. The van der Waals surface area contributed by atoms with Crippen molar-refractivity contribution in [2.45, 2.75) is 58.3 Å². The molecule has 0 aromatic rings. The number of thioether (sulfide) groups is 1. The molecular formula is C13H24OS. The topological polar surface area (TPSA) is 17.1 Å². The van der Waals surface area contributed by atoms with Crippen LogP contribution in [0.2, 0.25) is 0 Å². The molecule has 0 saturated heterocycles. The van der Waals surface area contributed by atoms with Gasteiger partial charge in [-0.05, 0) is 37.2 Å². The maximum atomic E-state index is 11.8. The van der Waals surface area contributed by atoms with Crippen molar-refractivity contribution in [3.63, 3.8) is 0 Å². The first-order valence-electron chi connectivity index (χ1n) is 6.45. The first-order valence-corrected chi connectivity index (χ1v) is 7.60. The third-order valence-corrected chi connectivity index (χ3v) is 4.21. The highest BCUT2D eigenvalue weighted by atomic mass is 32.2. The molecule has 1 atom stereocenters. The average molecular weight is 228 g/mol. The summed E-state index contributed by atoms with van der Waals surface area (Å²) in [6.07, 6.45) is 9.41. The van der Waals surface area contributed by atoms with E-state index in [1.165, 1.54) is 37.2 Å². The van der Waals surface area contributed by atoms with E-state index in [-0.39, 0.29) is 0 Å². The smallest absolute Gasteiger partial charge is 0.135 e. The van der Waals surface area contributed by atoms with Gasteiger partial charge in [0.2, 0.25) is 0 Å². The van der Waals surface area contributed by atoms with Gasteiger partial charge < -0.3 is 0 Å². The van der Waals surface area contributed by atoms with Crippen LogP contribution in [0.4, 0.5) is 0 Å². The van der Waals surface area contributed by atoms with Gasteiger partial charge >= 0.3 is 0 Å². The molecule has 0 bridgehead atoms. The molecular weight excluding hydrogens is 204 g/mol. The molecule has 1 rings (SSSR count). The number of ketones is 1. The Kier molecular flexibility index (Phi) is 7.16. The summed E-state index contributed by atoms with van der Waals surface area (Å²) < 4.78 is 0. The normalized spacial score (nSPS) is 23.5. The van der Waals surface area contributed by atoms with Crippen molar-refractivity contribution in [2.24, 2.45) is 5.92 Å². The number of Topliss-reactive ketones (excluding diaryl/α,β-unsaturated/α-hetero) is 1. The van der Waals surface area contributed by atoms with Crippen molar-refractivity contribution in [1.82, 2.24) is 0 Å². The Morgan fingerprint density at radius 2 is 2.07 bits per heavy atom. The Labute approximate surface area is 98.4 Å². The lowest BCUT2D eigenvalue weighted by molar-refractivity contribution is -0.123. The molecule has 1 saturated carbocycles. The fourth-order valence-corrected chi connectivity index (χ4v) is 2.95. The van der Waals surface area contributed by atoms with Gasteiger partial charge in [-0.2, -0.15) is 11.8 Å². The summed E-state index contributed by atoms with van der Waals surface area (Å²) in [4.78, 5) is 11.8. The highest BCUT2D eigenvalue weighted by molar-refractivity contribution is 7.99. The number of carbonyl (C=O) groups is 1. The molecule has 0 amide bonds. The minimum Gasteiger partial charge on any atom is -0.299 e. The van der Waals surface area contributed by atoms with E-state index in [4.69, 9.17) is 0 Å². The maximum absolute atomic E-state index is 11.8. The highest BCUT2D eigenvalue weighted by Crippen LogP contribution is 2.23. The number of hydrogen-bond acceptors (Lipinski definition) is 2. The van der Waals surface area contributed by atoms with Crippen LogP contribution in [0.5, 0.6) is 0 Å². The molecule has 1 nitrogen and oxygen atoms in total. The van der Waals surface area contributed by atoms with Crippen LogP contribution in [-0.2, 0) is 4.79 Å². The fourth-order valence-electron chi connectivity index (χ4n) is 2.29. The minimum atomic E-state index is 0.405. The molecule has 88 valence electrons. The van der Waals surface area contributed by atoms with E-state index in [1.807, 2.05) is 11.8 Å². The molecule has 0 spiro atoms. The van der Waals surface area contributed by atoms with E-state index in [0.717, 1.165) is 25.7 Å². The predicted molar refractivity (Wildman–Crippen MR) is 68.4 cm³/mol. The first kappa shape index (κ1) is 13.1. The molecule has 15 heavy (non-hydrogen) atoms. The Balaban J connectivity index is 2.20. The molecule has 2 heteroatoms. The van der Waals surface area contributed by atoms with Gasteiger partial charge in [0.15, 0.2) is 0 Å². The summed E-state index contributed by atoms with van der Waals surface area (Å²) >= 11 is 2.00. The van der Waals surface area contributed by atoms with Gasteiger partial charge in [0.25, 0.3) is 0 Å². The van der Waals surface area contributed by atoms with Crippen molar-refractivity contribution in [2.75, 3.05) is 11.5 Å². The van der Waals surface area contributed by atoms with Crippen molar-refractivity contribution < 1.29 is 4.79 Å². The fraction of sp³-hybridized carbons (Fsp3) is 0.923. The molecule has 0 radical (unpaired) electrons. The van der Waals surface area contributed by atoms with Crippen molar-refractivity contribution in [3.8, 4) is 0 Å². The van der Waals surface area contributed by atoms with Crippen LogP contribution < -0.4 is 0 Å². The molecule has 1 unspecified atom stereocenters. The summed E-state index contributed by atoms with van der Waals surface area (Å²) in [7, 11) is 0. The lowest BCUT2D eigenvalue weighted by Crippen LogP contribution is -2.16. The third kappa shape index (κ3) is 5.60. The van der Waals surface area contributed by atoms with Crippen LogP contribution >= 0.6 is 11.8 Å². The Hall–Kier alpha value is 0.0200. The molecule has 0 aromatic carbocycles. The van der Waals surface area contributed by atoms with Gasteiger partial charge in [-0.3, -0.25) is 4.79 Å². The van der Waals surface area contributed by atoms with E-state index in [1.54, 1.807) is 0 Å². The van der Waals surface area contributed by atoms with Gasteiger partial charge in [0.1, 0.15) is 5.78 Å². The summed E-state index contributed by atoms with van der Waals surface area (Å²) in [5.74, 6) is 3.40. The first-order chi connectivity index (χ1) is 7.34. The molecule has 1 aliphatic carbocycles. The number of carbonyl (C=O) groups excluding carboxylic acids is 1. The van der Waals surface area contributed by atoms with Crippen LogP contribution in [0, 0.1) is 5.92 Å². The summed E-state index contributed by atoms with van der Waals surface area (Å²) in [6, 6.07) is 0. The quantitative estimate of drug-likeness (QED) is 0.660. The van der Waals surface area contributed by atoms with E-state index in [0.29, 0.717) is 11.7 Å². The Morgan fingerprint density at radius 1 is 1.27 bits per heavy atom. The van der Waals surface area contributed by atoms with Crippen LogP contribution in [0.3, 0.4) is 0 Å². The van der Waals surface area contributed by atoms with Gasteiger partial charge in [0, 0.05) is 12.3 Å².